The number of carbonyl (C=O) groups excluding carboxylic acids is 1. The number of nitrogens with one attached hydrogen (secondary N) is 2. The molecule has 2 aromatic carbocycles. The van der Waals surface area contributed by atoms with Crippen LogP contribution in [0.25, 0.3) is 0 Å². The lowest BCUT2D eigenvalue weighted by molar-refractivity contribution is 0.0977. The molecule has 0 radical (unpaired) electrons. The van der Waals surface area contributed by atoms with Crippen molar-refractivity contribution < 1.29 is 4.79 Å². The Morgan fingerprint density at radius 2 is 1.88 bits per heavy atom. The maximum Gasteiger partial charge on any atom is 0.257 e. The summed E-state index contributed by atoms with van der Waals surface area (Å²) in [6.45, 7) is 1.94. The van der Waals surface area contributed by atoms with Crippen LogP contribution in [0.4, 0.5) is 11.4 Å². The van der Waals surface area contributed by atoms with Crippen LogP contribution in [-0.4, -0.2) is 24.1 Å². The van der Waals surface area contributed by atoms with E-state index in [4.69, 9.17) is 23.8 Å². The van der Waals surface area contributed by atoms with Crippen molar-refractivity contribution in [1.82, 2.24) is 5.32 Å². The lowest BCUT2D eigenvalue weighted by atomic mass is 10.2. The van der Waals surface area contributed by atoms with E-state index in [1.165, 1.54) is 0 Å². The summed E-state index contributed by atoms with van der Waals surface area (Å²) in [7, 11) is 0. The number of hydrogen-bond acceptors (Lipinski definition) is 3. The van der Waals surface area contributed by atoms with E-state index in [0.717, 1.165) is 40.9 Å². The number of anilines is 2. The van der Waals surface area contributed by atoms with Crippen molar-refractivity contribution in [3.63, 3.8) is 0 Å². The second-order valence-corrected chi connectivity index (χ2v) is 7.81. The SMILES string of the molecule is O=C(NC(=S)Nc1cccc(Cl)c1N1CCCC1)c1cccc(I)c1. The Kier molecular flexibility index (Phi) is 6.14. The second kappa shape index (κ2) is 8.33. The van der Waals surface area contributed by atoms with Crippen LogP contribution in [-0.2, 0) is 0 Å². The van der Waals surface area contributed by atoms with Gasteiger partial charge in [-0.3, -0.25) is 10.1 Å². The summed E-state index contributed by atoms with van der Waals surface area (Å²) >= 11 is 13.9. The summed E-state index contributed by atoms with van der Waals surface area (Å²) in [6.07, 6.45) is 2.30. The lowest BCUT2D eigenvalue weighted by Gasteiger charge is -2.23. The molecule has 0 saturated carbocycles. The maximum absolute atomic E-state index is 12.3. The highest BCUT2D eigenvalue weighted by Crippen LogP contribution is 2.35. The Labute approximate surface area is 171 Å². The van der Waals surface area contributed by atoms with Gasteiger partial charge in [0.25, 0.3) is 5.91 Å². The molecule has 0 aromatic heterocycles. The van der Waals surface area contributed by atoms with Gasteiger partial charge in [-0.25, -0.2) is 0 Å². The first-order valence-electron chi connectivity index (χ1n) is 7.96. The van der Waals surface area contributed by atoms with Gasteiger partial charge >= 0.3 is 0 Å². The number of benzene rings is 2. The molecule has 7 heteroatoms. The lowest BCUT2D eigenvalue weighted by Crippen LogP contribution is -2.34. The van der Waals surface area contributed by atoms with Crippen molar-refractivity contribution in [2.24, 2.45) is 0 Å². The molecule has 2 aromatic rings. The second-order valence-electron chi connectivity index (χ2n) is 5.75. The van der Waals surface area contributed by atoms with Crippen LogP contribution in [0.15, 0.2) is 42.5 Å². The third-order valence-corrected chi connectivity index (χ3v) is 5.15. The third-order valence-electron chi connectivity index (χ3n) is 3.97. The molecule has 0 aliphatic carbocycles. The van der Waals surface area contributed by atoms with Crippen LogP contribution >= 0.6 is 46.4 Å². The largest absolute Gasteiger partial charge is 0.369 e. The smallest absolute Gasteiger partial charge is 0.257 e. The van der Waals surface area contributed by atoms with Gasteiger partial charge in [0.05, 0.1) is 16.4 Å². The molecule has 1 amide bonds. The number of carbonyl (C=O) groups is 1. The van der Waals surface area contributed by atoms with Gasteiger partial charge in [0.1, 0.15) is 0 Å². The molecular weight excluding hydrogens is 469 g/mol. The monoisotopic (exact) mass is 485 g/mol. The number of nitrogens with zero attached hydrogens (tertiary/aromatic N) is 1. The van der Waals surface area contributed by atoms with Crippen LogP contribution < -0.4 is 15.5 Å². The molecule has 3 rings (SSSR count). The molecule has 4 nitrogen and oxygen atoms in total. The molecule has 1 heterocycles. The van der Waals surface area contributed by atoms with Crippen LogP contribution in [0.1, 0.15) is 23.2 Å². The van der Waals surface area contributed by atoms with Gasteiger partial charge in [0, 0.05) is 22.2 Å². The van der Waals surface area contributed by atoms with Crippen LogP contribution in [0.5, 0.6) is 0 Å². The Morgan fingerprint density at radius 3 is 2.60 bits per heavy atom. The van der Waals surface area contributed by atoms with Crippen LogP contribution in [0.2, 0.25) is 5.02 Å². The number of rotatable bonds is 3. The van der Waals surface area contributed by atoms with Crippen LogP contribution in [0.3, 0.4) is 0 Å². The molecule has 0 spiro atoms. The molecule has 1 aliphatic heterocycles. The molecule has 130 valence electrons. The van der Waals surface area contributed by atoms with E-state index in [-0.39, 0.29) is 11.0 Å². The topological polar surface area (TPSA) is 44.4 Å². The highest BCUT2D eigenvalue weighted by molar-refractivity contribution is 14.1. The first-order chi connectivity index (χ1) is 12.0. The first-order valence-corrected chi connectivity index (χ1v) is 9.82. The van der Waals surface area contributed by atoms with Crippen molar-refractivity contribution >= 4 is 68.8 Å². The average Bonchev–Trinajstić information content (AvgIpc) is 3.09. The van der Waals surface area contributed by atoms with Crippen molar-refractivity contribution in [2.75, 3.05) is 23.3 Å². The molecule has 0 bridgehead atoms. The summed E-state index contributed by atoms with van der Waals surface area (Å²) in [5.74, 6) is -0.235. The van der Waals surface area contributed by atoms with Gasteiger partial charge in [-0.15, -0.1) is 0 Å². The zero-order chi connectivity index (χ0) is 17.8. The highest BCUT2D eigenvalue weighted by Gasteiger charge is 2.19. The molecule has 0 unspecified atom stereocenters. The van der Waals surface area contributed by atoms with Crippen molar-refractivity contribution in [3.8, 4) is 0 Å². The summed E-state index contributed by atoms with van der Waals surface area (Å²) in [6, 6.07) is 13.0. The minimum absolute atomic E-state index is 0.235. The summed E-state index contributed by atoms with van der Waals surface area (Å²) in [5.41, 5.74) is 2.32. The predicted octanol–water partition coefficient (Wildman–Crippen LogP) is 4.67. The fraction of sp³-hybridized carbons (Fsp3) is 0.222. The fourth-order valence-electron chi connectivity index (χ4n) is 2.84. The quantitative estimate of drug-likeness (QED) is 0.490. The fourth-order valence-corrected chi connectivity index (χ4v) is 3.88. The normalized spacial score (nSPS) is 13.6. The molecule has 2 N–H and O–H groups in total. The predicted molar refractivity (Wildman–Crippen MR) is 116 cm³/mol. The van der Waals surface area contributed by atoms with E-state index in [2.05, 4.69) is 38.1 Å². The van der Waals surface area contributed by atoms with E-state index in [1.807, 2.05) is 36.4 Å². The van der Waals surface area contributed by atoms with Gasteiger partial charge in [-0.05, 0) is 78.0 Å². The maximum atomic E-state index is 12.3. The van der Waals surface area contributed by atoms with E-state index < -0.39 is 0 Å². The van der Waals surface area contributed by atoms with Crippen LogP contribution in [0, 0.1) is 3.57 Å². The first kappa shape index (κ1) is 18.4. The number of para-hydroxylation sites is 1. The van der Waals surface area contributed by atoms with Gasteiger partial charge in [0.2, 0.25) is 0 Å². The van der Waals surface area contributed by atoms with Crippen molar-refractivity contribution in [3.05, 3.63) is 56.6 Å². The van der Waals surface area contributed by atoms with E-state index in [1.54, 1.807) is 6.07 Å². The van der Waals surface area contributed by atoms with E-state index in [0.29, 0.717) is 10.6 Å². The van der Waals surface area contributed by atoms with Gasteiger partial charge in [-0.2, -0.15) is 0 Å². The molecule has 1 saturated heterocycles. The van der Waals surface area contributed by atoms with Gasteiger partial charge in [0.15, 0.2) is 5.11 Å². The summed E-state index contributed by atoms with van der Waals surface area (Å²) < 4.78 is 0.996. The minimum Gasteiger partial charge on any atom is -0.369 e. The zero-order valence-electron chi connectivity index (χ0n) is 13.4. The van der Waals surface area contributed by atoms with Gasteiger partial charge in [-0.1, -0.05) is 23.7 Å². The van der Waals surface area contributed by atoms with E-state index in [9.17, 15) is 4.79 Å². The molecular formula is C18H17ClIN3OS. The molecule has 1 fully saturated rings. The molecule has 1 aliphatic rings. The number of halogens is 2. The Morgan fingerprint density at radius 1 is 1.16 bits per heavy atom. The number of hydrogen-bond donors (Lipinski definition) is 2. The molecule has 0 atom stereocenters. The third kappa shape index (κ3) is 4.62. The average molecular weight is 486 g/mol. The van der Waals surface area contributed by atoms with E-state index >= 15 is 0 Å². The standard InChI is InChI=1S/C18H17ClIN3OS/c19-14-7-4-8-15(16(14)23-9-1-2-10-23)21-18(25)22-17(24)12-5-3-6-13(20)11-12/h3-8,11H,1-2,9-10H2,(H2,21,22,24,25). The Bertz CT molecular complexity index is 809. The minimum atomic E-state index is -0.235. The number of amides is 1. The highest BCUT2D eigenvalue weighted by atomic mass is 127. The Balaban J connectivity index is 1.73. The zero-order valence-corrected chi connectivity index (χ0v) is 17.1. The summed E-state index contributed by atoms with van der Waals surface area (Å²) in [4.78, 5) is 14.6. The summed E-state index contributed by atoms with van der Waals surface area (Å²) in [5, 5.41) is 6.78. The Hall–Kier alpha value is -1.38. The molecule has 25 heavy (non-hydrogen) atoms. The number of thiocarbonyl (C=S) groups is 1. The van der Waals surface area contributed by atoms with Gasteiger partial charge < -0.3 is 10.2 Å². The van der Waals surface area contributed by atoms with Crippen molar-refractivity contribution in [1.29, 1.82) is 0 Å². The van der Waals surface area contributed by atoms with Crippen molar-refractivity contribution in [2.45, 2.75) is 12.8 Å².